The van der Waals surface area contributed by atoms with Crippen LogP contribution in [-0.4, -0.2) is 18.2 Å². The van der Waals surface area contributed by atoms with Crippen LogP contribution in [0, 0.1) is 19.1 Å². The van der Waals surface area contributed by atoms with E-state index in [2.05, 4.69) is 71.5 Å². The third-order valence-electron chi connectivity index (χ3n) is 4.29. The molecule has 26 heavy (non-hydrogen) atoms. The van der Waals surface area contributed by atoms with Crippen molar-refractivity contribution in [3.05, 3.63) is 102 Å². The summed E-state index contributed by atoms with van der Waals surface area (Å²) < 4.78 is 2.23. The highest BCUT2D eigenvalue weighted by Gasteiger charge is 2.08. The topological polar surface area (TPSA) is 17.0 Å². The van der Waals surface area contributed by atoms with Crippen LogP contribution in [0.25, 0.3) is 16.6 Å². The number of fused-ring (bicyclic) bond motifs is 1. The molecule has 0 spiro atoms. The van der Waals surface area contributed by atoms with Gasteiger partial charge < -0.3 is 9.88 Å². The number of rotatable bonds is 4. The minimum atomic E-state index is 0.979. The molecule has 4 rings (SSSR count). The van der Waals surface area contributed by atoms with E-state index in [1.54, 1.807) is 0 Å². The summed E-state index contributed by atoms with van der Waals surface area (Å²) in [5.74, 6) is 0. The van der Waals surface area contributed by atoms with Crippen LogP contribution in [0.1, 0.15) is 11.1 Å². The van der Waals surface area contributed by atoms with Gasteiger partial charge >= 0.3 is 0 Å². The summed E-state index contributed by atoms with van der Waals surface area (Å²) in [5.41, 5.74) is 5.04. The second-order valence-electron chi connectivity index (χ2n) is 6.24. The fourth-order valence-corrected chi connectivity index (χ4v) is 2.92. The number of hydrogen-bond acceptors (Lipinski definition) is 1. The van der Waals surface area contributed by atoms with Crippen molar-refractivity contribution in [2.24, 2.45) is 0 Å². The van der Waals surface area contributed by atoms with Crippen molar-refractivity contribution in [1.29, 1.82) is 0 Å². The number of hydrogen-bond donors (Lipinski definition) is 1. The second-order valence-corrected chi connectivity index (χ2v) is 6.24. The predicted octanol–water partition coefficient (Wildman–Crippen LogP) is 4.99. The molecule has 1 N–H and O–H groups in total. The van der Waals surface area contributed by atoms with Crippen molar-refractivity contribution in [3.8, 4) is 5.69 Å². The van der Waals surface area contributed by atoms with E-state index in [9.17, 15) is 0 Å². The number of nitrogens with one attached hydrogen (secondary N) is 1. The van der Waals surface area contributed by atoms with Gasteiger partial charge in [-0.15, -0.1) is 0 Å². The fraction of sp³-hybridized carbons (Fsp3) is 0.167. The Balaban J connectivity index is 0.000000236. The fourth-order valence-electron chi connectivity index (χ4n) is 2.92. The molecule has 1 heterocycles. The molecule has 0 saturated carbocycles. The highest BCUT2D eigenvalue weighted by atomic mass is 15.0. The lowest BCUT2D eigenvalue weighted by Gasteiger charge is -2.03. The molecule has 130 valence electrons. The molecule has 0 fully saturated rings. The highest BCUT2D eigenvalue weighted by Crippen LogP contribution is 2.24. The zero-order chi connectivity index (χ0) is 18.2. The zero-order valence-electron chi connectivity index (χ0n) is 15.4. The Hall–Kier alpha value is -3.02. The maximum atomic E-state index is 3.20. The first-order valence-corrected chi connectivity index (χ1v) is 8.93. The average molecular weight is 340 g/mol. The Bertz CT molecular complexity index is 924. The standard InChI is InChI=1S/C17H16N2.C7H8/c1-18-12-11-14-13-19(15-7-3-2-4-8-15)17-10-6-5-9-16(14)17;1-7-5-3-2-4-6-7/h2-4,7-10,13,18H,11-12H2,1H3;2-6H,1H3. The van der Waals surface area contributed by atoms with Crippen LogP contribution < -0.4 is 5.32 Å². The summed E-state index contributed by atoms with van der Waals surface area (Å²) in [6, 6.07) is 30.8. The van der Waals surface area contributed by atoms with Gasteiger partial charge in [-0.3, -0.25) is 0 Å². The molecule has 0 aliphatic rings. The summed E-state index contributed by atoms with van der Waals surface area (Å²) in [6.07, 6.45) is 3.24. The molecule has 2 nitrogen and oxygen atoms in total. The number of aromatic nitrogens is 1. The van der Waals surface area contributed by atoms with Crippen molar-refractivity contribution >= 4 is 10.9 Å². The molecule has 0 saturated heterocycles. The van der Waals surface area contributed by atoms with Crippen molar-refractivity contribution in [2.45, 2.75) is 13.3 Å². The third-order valence-corrected chi connectivity index (χ3v) is 4.29. The van der Waals surface area contributed by atoms with Crippen molar-refractivity contribution in [1.82, 2.24) is 9.88 Å². The number of aryl methyl sites for hydroxylation is 1. The van der Waals surface area contributed by atoms with Gasteiger partial charge in [0.05, 0.1) is 5.52 Å². The summed E-state index contributed by atoms with van der Waals surface area (Å²) in [6.45, 7) is 3.06. The van der Waals surface area contributed by atoms with E-state index in [0.717, 1.165) is 13.0 Å². The van der Waals surface area contributed by atoms with E-state index in [1.807, 2.05) is 43.4 Å². The normalized spacial score (nSPS) is 10.1. The van der Waals surface area contributed by atoms with Crippen LogP contribution in [0.5, 0.6) is 0 Å². The first-order chi connectivity index (χ1) is 12.8. The summed E-state index contributed by atoms with van der Waals surface area (Å²) in [4.78, 5) is 0. The summed E-state index contributed by atoms with van der Waals surface area (Å²) in [5, 5.41) is 4.46. The average Bonchev–Trinajstić information content (AvgIpc) is 3.07. The Morgan fingerprint density at radius 1 is 0.885 bits per heavy atom. The van der Waals surface area contributed by atoms with Crippen molar-refractivity contribution in [2.75, 3.05) is 13.6 Å². The van der Waals surface area contributed by atoms with Crippen LogP contribution in [-0.2, 0) is 6.42 Å². The lowest BCUT2D eigenvalue weighted by atomic mass is 10.1. The maximum Gasteiger partial charge on any atom is 0.0621 e. The number of para-hydroxylation sites is 1. The quantitative estimate of drug-likeness (QED) is 0.554. The van der Waals surface area contributed by atoms with Gasteiger partial charge in [0.1, 0.15) is 0 Å². The van der Waals surface area contributed by atoms with E-state index in [0.29, 0.717) is 0 Å². The Morgan fingerprint density at radius 2 is 1.54 bits per heavy atom. The van der Waals surface area contributed by atoms with Gasteiger partial charge in [0.15, 0.2) is 0 Å². The van der Waals surface area contributed by atoms with E-state index in [4.69, 9.17) is 0 Å². The van der Waals surface area contributed by atoms with E-state index >= 15 is 0 Å². The lowest BCUT2D eigenvalue weighted by Crippen LogP contribution is -2.09. The molecule has 1 aromatic heterocycles. The number of nitrogens with zero attached hydrogens (tertiary/aromatic N) is 1. The molecular weight excluding hydrogens is 316 g/mol. The Labute approximate surface area is 156 Å². The number of likely N-dealkylation sites (N-methyl/N-ethyl adjacent to an activating group) is 1. The van der Waals surface area contributed by atoms with E-state index in [1.165, 1.54) is 27.7 Å². The third kappa shape index (κ3) is 4.33. The molecule has 0 amide bonds. The summed E-state index contributed by atoms with van der Waals surface area (Å²) in [7, 11) is 1.98. The minimum Gasteiger partial charge on any atom is -0.319 e. The second kappa shape index (κ2) is 8.89. The molecule has 0 radical (unpaired) electrons. The molecule has 0 atom stereocenters. The molecule has 4 aromatic rings. The SMILES string of the molecule is CNCCc1cn(-c2ccccc2)c2cc#ccc12.Cc1ccccc1. The van der Waals surface area contributed by atoms with Gasteiger partial charge in [-0.05, 0) is 50.7 Å². The van der Waals surface area contributed by atoms with Crippen LogP contribution in [0.15, 0.2) is 79.0 Å². The zero-order valence-corrected chi connectivity index (χ0v) is 15.4. The van der Waals surface area contributed by atoms with E-state index < -0.39 is 0 Å². The van der Waals surface area contributed by atoms with Crippen LogP contribution >= 0.6 is 0 Å². The predicted molar refractivity (Wildman–Crippen MR) is 110 cm³/mol. The van der Waals surface area contributed by atoms with Crippen molar-refractivity contribution < 1.29 is 0 Å². The van der Waals surface area contributed by atoms with Crippen LogP contribution in [0.2, 0.25) is 0 Å². The largest absolute Gasteiger partial charge is 0.319 e. The van der Waals surface area contributed by atoms with Gasteiger partial charge in [-0.2, -0.15) is 0 Å². The maximum absolute atomic E-state index is 3.20. The van der Waals surface area contributed by atoms with Gasteiger partial charge in [0.25, 0.3) is 0 Å². The van der Waals surface area contributed by atoms with Gasteiger partial charge in [0, 0.05) is 23.3 Å². The molecule has 2 heteroatoms. The smallest absolute Gasteiger partial charge is 0.0621 e. The van der Waals surface area contributed by atoms with E-state index in [-0.39, 0.29) is 0 Å². The first-order valence-electron chi connectivity index (χ1n) is 8.93. The van der Waals surface area contributed by atoms with Gasteiger partial charge in [-0.1, -0.05) is 66.2 Å². The number of benzene rings is 2. The molecule has 0 bridgehead atoms. The van der Waals surface area contributed by atoms with Gasteiger partial charge in [0.2, 0.25) is 0 Å². The Morgan fingerprint density at radius 3 is 2.15 bits per heavy atom. The molecule has 0 aliphatic heterocycles. The summed E-state index contributed by atoms with van der Waals surface area (Å²) >= 11 is 0. The molecule has 0 unspecified atom stereocenters. The van der Waals surface area contributed by atoms with Crippen LogP contribution in [0.4, 0.5) is 0 Å². The first kappa shape index (κ1) is 17.8. The van der Waals surface area contributed by atoms with Crippen molar-refractivity contribution in [3.63, 3.8) is 0 Å². The van der Waals surface area contributed by atoms with Crippen LogP contribution in [0.3, 0.4) is 0 Å². The molecule has 3 aromatic carbocycles. The monoisotopic (exact) mass is 340 g/mol. The highest BCUT2D eigenvalue weighted by molar-refractivity contribution is 5.85. The lowest BCUT2D eigenvalue weighted by molar-refractivity contribution is 0.793. The minimum absolute atomic E-state index is 0.979. The molecule has 0 aliphatic carbocycles. The molecular formula is C24H24N2. The van der Waals surface area contributed by atoms with Gasteiger partial charge in [-0.25, -0.2) is 0 Å². The Kier molecular flexibility index (Phi) is 6.09.